The Labute approximate surface area is 209 Å². The summed E-state index contributed by atoms with van der Waals surface area (Å²) in [5.41, 5.74) is 5.29. The van der Waals surface area contributed by atoms with E-state index in [1.165, 1.54) is 12.7 Å². The third kappa shape index (κ3) is 3.70. The summed E-state index contributed by atoms with van der Waals surface area (Å²) in [5.74, 6) is 0.938. The van der Waals surface area contributed by atoms with Crippen LogP contribution >= 0.6 is 0 Å². The number of aromatic nitrogens is 5. The summed E-state index contributed by atoms with van der Waals surface area (Å²) in [6.45, 7) is 0.500. The number of carbonyl (C=O) groups is 1. The Morgan fingerprint density at radius 2 is 1.97 bits per heavy atom. The van der Waals surface area contributed by atoms with E-state index in [2.05, 4.69) is 31.2 Å². The maximum absolute atomic E-state index is 13.9. The number of furan rings is 1. The summed E-state index contributed by atoms with van der Waals surface area (Å²) in [6, 6.07) is 14.9. The normalized spacial score (nSPS) is 15.2. The number of hydrogen-bond donors (Lipinski definition) is 1. The summed E-state index contributed by atoms with van der Waals surface area (Å²) in [4.78, 5) is 27.6. The Balaban J connectivity index is 1.18. The van der Waals surface area contributed by atoms with Crippen molar-refractivity contribution in [1.82, 2.24) is 30.0 Å². The number of H-pyrrole nitrogens is 1. The van der Waals surface area contributed by atoms with Crippen molar-refractivity contribution in [1.29, 1.82) is 0 Å². The molecule has 0 aliphatic carbocycles. The molecule has 0 bridgehead atoms. The van der Waals surface area contributed by atoms with Crippen molar-refractivity contribution >= 4 is 27.8 Å². The van der Waals surface area contributed by atoms with E-state index < -0.39 is 6.04 Å². The highest BCUT2D eigenvalue weighted by Gasteiger charge is 2.38. The van der Waals surface area contributed by atoms with E-state index in [4.69, 9.17) is 13.6 Å². The number of aromatic amines is 1. The van der Waals surface area contributed by atoms with E-state index >= 15 is 0 Å². The lowest BCUT2D eigenvalue weighted by Gasteiger charge is -2.33. The zero-order valence-electron chi connectivity index (χ0n) is 19.5. The van der Waals surface area contributed by atoms with Crippen LogP contribution in [0.15, 0.2) is 82.4 Å². The van der Waals surface area contributed by atoms with Gasteiger partial charge in [-0.15, -0.1) is 10.2 Å². The van der Waals surface area contributed by atoms with Crippen LogP contribution < -0.4 is 4.74 Å². The first-order valence-corrected chi connectivity index (χ1v) is 11.8. The highest BCUT2D eigenvalue weighted by Crippen LogP contribution is 2.37. The number of nitrogens with one attached hydrogen (secondary N) is 1. The molecule has 1 aliphatic heterocycles. The summed E-state index contributed by atoms with van der Waals surface area (Å²) in [7, 11) is 0. The van der Waals surface area contributed by atoms with Gasteiger partial charge in [-0.2, -0.15) is 0 Å². The van der Waals surface area contributed by atoms with Crippen molar-refractivity contribution in [2.75, 3.05) is 0 Å². The van der Waals surface area contributed by atoms with E-state index in [9.17, 15) is 4.79 Å². The van der Waals surface area contributed by atoms with E-state index in [0.717, 1.165) is 33.2 Å². The van der Waals surface area contributed by atoms with Crippen molar-refractivity contribution in [3.05, 3.63) is 102 Å². The minimum absolute atomic E-state index is 0.153. The summed E-state index contributed by atoms with van der Waals surface area (Å²) >= 11 is 0. The second-order valence-corrected chi connectivity index (χ2v) is 8.83. The molecule has 1 atom stereocenters. The Kier molecular flexibility index (Phi) is 4.95. The van der Waals surface area contributed by atoms with Gasteiger partial charge in [0.05, 0.1) is 23.8 Å². The first kappa shape index (κ1) is 21.3. The molecule has 0 fully saturated rings. The molecule has 1 amide bonds. The highest BCUT2D eigenvalue weighted by atomic mass is 16.5. The molecule has 7 rings (SSSR count). The van der Waals surface area contributed by atoms with Crippen LogP contribution in [-0.4, -0.2) is 36.0 Å². The molecule has 37 heavy (non-hydrogen) atoms. The van der Waals surface area contributed by atoms with Gasteiger partial charge in [0.1, 0.15) is 18.4 Å². The van der Waals surface area contributed by atoms with Gasteiger partial charge in [-0.3, -0.25) is 14.8 Å². The number of amides is 1. The molecule has 0 saturated heterocycles. The van der Waals surface area contributed by atoms with Gasteiger partial charge >= 0.3 is 0 Å². The fraction of sp³-hybridized carbons (Fsp3) is 0.148. The number of nitrogens with zero attached hydrogens (tertiary/aromatic N) is 5. The zero-order valence-corrected chi connectivity index (χ0v) is 19.5. The lowest BCUT2D eigenvalue weighted by atomic mass is 9.96. The largest absolute Gasteiger partial charge is 0.489 e. The number of carbonyl (C=O) groups excluding carboxylic acids is 1. The number of fused-ring (bicyclic) bond motifs is 4. The molecule has 0 unspecified atom stereocenters. The third-order valence-corrected chi connectivity index (χ3v) is 6.70. The van der Waals surface area contributed by atoms with Crippen LogP contribution in [-0.2, 0) is 19.6 Å². The van der Waals surface area contributed by atoms with Gasteiger partial charge < -0.3 is 23.5 Å². The average molecular weight is 492 g/mol. The number of ether oxygens (including phenoxy) is 1. The highest BCUT2D eigenvalue weighted by molar-refractivity contribution is 5.94. The van der Waals surface area contributed by atoms with Gasteiger partial charge in [0.15, 0.2) is 5.76 Å². The molecule has 2 aromatic carbocycles. The minimum Gasteiger partial charge on any atom is -0.489 e. The smallest absolute Gasteiger partial charge is 0.291 e. The van der Waals surface area contributed by atoms with Gasteiger partial charge in [0.2, 0.25) is 12.3 Å². The number of rotatable bonds is 5. The lowest BCUT2D eigenvalue weighted by Crippen LogP contribution is -2.39. The Morgan fingerprint density at radius 3 is 2.86 bits per heavy atom. The SMILES string of the molecule is O=C(c1occc1COc1ccc2nccnc2c1)N1Cc2[nH]c3ccccc3c2C[C@@H]1c1nnco1. The Bertz CT molecular complexity index is 1740. The van der Waals surface area contributed by atoms with Gasteiger partial charge in [-0.25, -0.2) is 0 Å². The maximum Gasteiger partial charge on any atom is 0.291 e. The molecule has 1 aliphatic rings. The molecule has 182 valence electrons. The van der Waals surface area contributed by atoms with E-state index in [0.29, 0.717) is 30.2 Å². The Hall–Kier alpha value is -4.99. The second kappa shape index (κ2) is 8.59. The average Bonchev–Trinajstić information content (AvgIpc) is 3.70. The maximum atomic E-state index is 13.9. The second-order valence-electron chi connectivity index (χ2n) is 8.83. The van der Waals surface area contributed by atoms with Crippen molar-refractivity contribution in [3.8, 4) is 5.75 Å². The van der Waals surface area contributed by atoms with Crippen molar-refractivity contribution in [2.45, 2.75) is 25.6 Å². The summed E-state index contributed by atoms with van der Waals surface area (Å²) < 4.78 is 17.2. The molecule has 5 heterocycles. The van der Waals surface area contributed by atoms with Crippen LogP contribution in [0.3, 0.4) is 0 Å². The van der Waals surface area contributed by atoms with Crippen molar-refractivity contribution < 1.29 is 18.4 Å². The van der Waals surface area contributed by atoms with E-state index in [1.54, 1.807) is 23.4 Å². The van der Waals surface area contributed by atoms with Crippen molar-refractivity contribution in [2.24, 2.45) is 0 Å². The molecular weight excluding hydrogens is 472 g/mol. The van der Waals surface area contributed by atoms with Crippen molar-refractivity contribution in [3.63, 3.8) is 0 Å². The van der Waals surface area contributed by atoms with Crippen LogP contribution in [0, 0.1) is 0 Å². The molecule has 0 radical (unpaired) electrons. The number of benzene rings is 2. The Morgan fingerprint density at radius 1 is 1.08 bits per heavy atom. The predicted molar refractivity (Wildman–Crippen MR) is 131 cm³/mol. The standard InChI is InChI=1S/C27H20N6O4/c34-27(25-16(7-10-35-25)14-36-17-5-6-21-22(11-17)29-9-8-28-21)33-13-23-19(12-24(33)26-32-30-15-37-26)18-3-1-2-4-20(18)31-23/h1-11,15,24,31H,12-14H2/t24-/m1/s1. The van der Waals surface area contributed by atoms with E-state index in [-0.39, 0.29) is 18.3 Å². The van der Waals surface area contributed by atoms with Crippen LogP contribution in [0.4, 0.5) is 0 Å². The van der Waals surface area contributed by atoms with E-state index in [1.807, 2.05) is 36.4 Å². The fourth-order valence-corrected chi connectivity index (χ4v) is 4.93. The summed E-state index contributed by atoms with van der Waals surface area (Å²) in [5, 5.41) is 9.10. The molecule has 0 spiro atoms. The molecule has 10 nitrogen and oxygen atoms in total. The van der Waals surface area contributed by atoms with Gasteiger partial charge in [0.25, 0.3) is 5.91 Å². The van der Waals surface area contributed by atoms with Crippen LogP contribution in [0.5, 0.6) is 5.75 Å². The molecule has 0 saturated carbocycles. The molecule has 1 N–H and O–H groups in total. The topological polar surface area (TPSA) is 123 Å². The molecule has 6 aromatic rings. The monoisotopic (exact) mass is 492 g/mol. The lowest BCUT2D eigenvalue weighted by molar-refractivity contribution is 0.0565. The number of para-hydroxylation sites is 1. The zero-order chi connectivity index (χ0) is 24.8. The van der Waals surface area contributed by atoms with Crippen LogP contribution in [0.25, 0.3) is 21.9 Å². The van der Waals surface area contributed by atoms with Gasteiger partial charge in [0, 0.05) is 47.0 Å². The van der Waals surface area contributed by atoms with Crippen LogP contribution in [0.2, 0.25) is 0 Å². The summed E-state index contributed by atoms with van der Waals surface area (Å²) in [6.07, 6.45) is 6.60. The first-order valence-electron chi connectivity index (χ1n) is 11.8. The minimum atomic E-state index is -0.431. The predicted octanol–water partition coefficient (Wildman–Crippen LogP) is 4.61. The quantitative estimate of drug-likeness (QED) is 0.370. The van der Waals surface area contributed by atoms with Gasteiger partial charge in [-0.05, 0) is 29.8 Å². The first-order chi connectivity index (χ1) is 18.2. The fourth-order valence-electron chi connectivity index (χ4n) is 4.93. The third-order valence-electron chi connectivity index (χ3n) is 6.70. The number of hydrogen-bond acceptors (Lipinski definition) is 8. The molecule has 10 heteroatoms. The van der Waals surface area contributed by atoms with Gasteiger partial charge in [-0.1, -0.05) is 18.2 Å². The molecular formula is C27H20N6O4. The molecule has 4 aromatic heterocycles. The van der Waals surface area contributed by atoms with Crippen LogP contribution in [0.1, 0.15) is 39.3 Å².